The highest BCUT2D eigenvalue weighted by Crippen LogP contribution is 2.46. The van der Waals surface area contributed by atoms with Crippen molar-refractivity contribution in [2.24, 2.45) is 5.73 Å². The summed E-state index contributed by atoms with van der Waals surface area (Å²) in [4.78, 5) is 32.2. The molecule has 44 heavy (non-hydrogen) atoms. The number of ether oxygens (including phenoxy) is 5. The molecule has 2 amide bonds. The number of amides is 2. The number of pyridine rings is 1. The van der Waals surface area contributed by atoms with Crippen LogP contribution >= 0.6 is 0 Å². The Kier molecular flexibility index (Phi) is 7.38. The third kappa shape index (κ3) is 4.96. The molecule has 12 nitrogen and oxygen atoms in total. The Bertz CT molecular complexity index is 1760. The minimum absolute atomic E-state index is 0.108. The van der Waals surface area contributed by atoms with Gasteiger partial charge < -0.3 is 34.3 Å². The van der Waals surface area contributed by atoms with Gasteiger partial charge in [-0.25, -0.2) is 4.68 Å². The Balaban J connectivity index is 1.60. The molecule has 2 aliphatic rings. The van der Waals surface area contributed by atoms with Gasteiger partial charge in [-0.15, -0.1) is 0 Å². The van der Waals surface area contributed by atoms with E-state index in [4.69, 9.17) is 34.5 Å². The monoisotopic (exact) mass is 599 g/mol. The van der Waals surface area contributed by atoms with Crippen LogP contribution < -0.4 is 24.7 Å². The maximum atomic E-state index is 14.2. The maximum absolute atomic E-state index is 14.2. The standard InChI is InChI=1S/C32H33N5O7/c1-32(2)17-43-7-6-36(32)31(39)28-25-16-44-27-13-26(42-5)23(18-8-19(30(33)38)15-34-14-18)12-24(27)29(25)37(35-28)20-9-21(40-3)11-22(10-20)41-4/h8-15H,6-7,16-17H2,1-5H3,(H2,33,38). The lowest BCUT2D eigenvalue weighted by atomic mass is 9.95. The number of hydrogen-bond acceptors (Lipinski definition) is 9. The Morgan fingerprint density at radius 2 is 1.70 bits per heavy atom. The van der Waals surface area contributed by atoms with Crippen molar-refractivity contribution in [3.05, 3.63) is 65.6 Å². The van der Waals surface area contributed by atoms with E-state index in [1.807, 2.05) is 32.0 Å². The van der Waals surface area contributed by atoms with Crippen molar-refractivity contribution in [1.82, 2.24) is 19.7 Å². The lowest BCUT2D eigenvalue weighted by Crippen LogP contribution is -2.55. The lowest BCUT2D eigenvalue weighted by Gasteiger charge is -2.41. The molecule has 0 saturated carbocycles. The van der Waals surface area contributed by atoms with Gasteiger partial charge in [0.2, 0.25) is 5.91 Å². The summed E-state index contributed by atoms with van der Waals surface area (Å²) in [5.74, 6) is 1.35. The average molecular weight is 600 g/mol. The molecule has 0 radical (unpaired) electrons. The first-order chi connectivity index (χ1) is 21.1. The van der Waals surface area contributed by atoms with Crippen molar-refractivity contribution in [1.29, 1.82) is 0 Å². The van der Waals surface area contributed by atoms with Crippen LogP contribution in [0.4, 0.5) is 0 Å². The van der Waals surface area contributed by atoms with Crippen LogP contribution in [0.15, 0.2) is 48.8 Å². The number of carbonyl (C=O) groups is 2. The van der Waals surface area contributed by atoms with E-state index in [0.29, 0.717) is 76.4 Å². The van der Waals surface area contributed by atoms with Crippen LogP contribution in [0.1, 0.15) is 40.3 Å². The predicted octanol–water partition coefficient (Wildman–Crippen LogP) is 3.87. The van der Waals surface area contributed by atoms with E-state index in [-0.39, 0.29) is 23.8 Å². The van der Waals surface area contributed by atoms with Gasteiger partial charge in [0.15, 0.2) is 5.69 Å². The third-order valence-electron chi connectivity index (χ3n) is 7.92. The van der Waals surface area contributed by atoms with E-state index in [2.05, 4.69) is 4.98 Å². The highest BCUT2D eigenvalue weighted by atomic mass is 16.5. The zero-order valence-corrected chi connectivity index (χ0v) is 25.2. The van der Waals surface area contributed by atoms with Crippen LogP contribution in [0.3, 0.4) is 0 Å². The summed E-state index contributed by atoms with van der Waals surface area (Å²) in [5.41, 5.74) is 9.40. The van der Waals surface area contributed by atoms with Crippen molar-refractivity contribution in [3.8, 4) is 51.1 Å². The van der Waals surface area contributed by atoms with Gasteiger partial charge in [-0.1, -0.05) is 0 Å². The van der Waals surface area contributed by atoms with Crippen LogP contribution in [-0.4, -0.2) is 78.1 Å². The van der Waals surface area contributed by atoms with E-state index in [0.717, 1.165) is 0 Å². The highest BCUT2D eigenvalue weighted by molar-refractivity contribution is 5.98. The molecule has 0 spiro atoms. The van der Waals surface area contributed by atoms with Gasteiger partial charge in [0, 0.05) is 65.5 Å². The van der Waals surface area contributed by atoms with E-state index >= 15 is 0 Å². The van der Waals surface area contributed by atoms with Gasteiger partial charge in [0.25, 0.3) is 5.91 Å². The van der Waals surface area contributed by atoms with E-state index in [9.17, 15) is 9.59 Å². The van der Waals surface area contributed by atoms with Crippen molar-refractivity contribution >= 4 is 11.8 Å². The van der Waals surface area contributed by atoms with Gasteiger partial charge in [-0.3, -0.25) is 14.6 Å². The Hall–Kier alpha value is -5.10. The molecule has 0 atom stereocenters. The van der Waals surface area contributed by atoms with Crippen LogP contribution in [-0.2, 0) is 11.3 Å². The second-order valence-electron chi connectivity index (χ2n) is 11.1. The highest BCUT2D eigenvalue weighted by Gasteiger charge is 2.39. The van der Waals surface area contributed by atoms with Crippen molar-refractivity contribution < 1.29 is 33.3 Å². The molecule has 4 aromatic rings. The fourth-order valence-corrected chi connectivity index (χ4v) is 5.63. The van der Waals surface area contributed by atoms with Crippen LogP contribution in [0.2, 0.25) is 0 Å². The van der Waals surface area contributed by atoms with Crippen molar-refractivity contribution in [2.75, 3.05) is 41.1 Å². The molecule has 1 fully saturated rings. The molecule has 2 N–H and O–H groups in total. The van der Waals surface area contributed by atoms with E-state index in [1.54, 1.807) is 55.3 Å². The summed E-state index contributed by atoms with van der Waals surface area (Å²) in [6, 6.07) is 10.7. The molecule has 0 bridgehead atoms. The van der Waals surface area contributed by atoms with Crippen LogP contribution in [0, 0.1) is 0 Å². The normalized spacial score (nSPS) is 15.1. The molecule has 12 heteroatoms. The van der Waals surface area contributed by atoms with Crippen molar-refractivity contribution in [2.45, 2.75) is 26.0 Å². The van der Waals surface area contributed by atoms with Crippen LogP contribution in [0.25, 0.3) is 28.1 Å². The quantitative estimate of drug-likeness (QED) is 0.335. The summed E-state index contributed by atoms with van der Waals surface area (Å²) < 4.78 is 30.5. The summed E-state index contributed by atoms with van der Waals surface area (Å²) in [6.45, 7) is 5.33. The number of morpholine rings is 1. The molecule has 0 unspecified atom stereocenters. The summed E-state index contributed by atoms with van der Waals surface area (Å²) in [5, 5.41) is 4.92. The number of nitrogens with two attached hydrogens (primary N) is 1. The number of hydrogen-bond donors (Lipinski definition) is 1. The molecule has 2 aromatic heterocycles. The number of primary amides is 1. The first-order valence-electron chi connectivity index (χ1n) is 14.0. The zero-order valence-electron chi connectivity index (χ0n) is 25.2. The second-order valence-corrected chi connectivity index (χ2v) is 11.1. The maximum Gasteiger partial charge on any atom is 0.275 e. The number of benzene rings is 2. The average Bonchev–Trinajstić information content (AvgIpc) is 3.43. The van der Waals surface area contributed by atoms with Gasteiger partial charge in [-0.2, -0.15) is 5.10 Å². The summed E-state index contributed by atoms with van der Waals surface area (Å²) >= 11 is 0. The number of carbonyl (C=O) groups excluding carboxylic acids is 2. The molecule has 0 aliphatic carbocycles. The van der Waals surface area contributed by atoms with Gasteiger partial charge >= 0.3 is 0 Å². The fourth-order valence-electron chi connectivity index (χ4n) is 5.63. The zero-order chi connectivity index (χ0) is 31.2. The molecule has 228 valence electrons. The van der Waals surface area contributed by atoms with Crippen molar-refractivity contribution in [3.63, 3.8) is 0 Å². The fraction of sp³-hybridized carbons (Fsp3) is 0.312. The second kappa shape index (κ2) is 11.2. The molecule has 1 saturated heterocycles. The SMILES string of the molecule is COc1cc(OC)cc(-n2nc(C(=O)N3CCOCC3(C)C)c3c2-c2cc(-c4cncc(C(N)=O)c4)c(OC)cc2OC3)c1. The first kappa shape index (κ1) is 29.0. The molecule has 4 heterocycles. The number of methoxy groups -OCH3 is 3. The summed E-state index contributed by atoms with van der Waals surface area (Å²) in [6.07, 6.45) is 3.04. The molecule has 2 aromatic carbocycles. The topological polar surface area (TPSA) is 140 Å². The minimum Gasteiger partial charge on any atom is -0.497 e. The number of rotatable bonds is 7. The smallest absolute Gasteiger partial charge is 0.275 e. The largest absolute Gasteiger partial charge is 0.497 e. The minimum atomic E-state index is -0.596. The van der Waals surface area contributed by atoms with E-state index < -0.39 is 11.4 Å². The molecule has 2 aliphatic heterocycles. The molecular weight excluding hydrogens is 566 g/mol. The first-order valence-corrected chi connectivity index (χ1v) is 14.0. The van der Waals surface area contributed by atoms with Gasteiger partial charge in [0.1, 0.15) is 29.6 Å². The Labute approximate surface area is 254 Å². The van der Waals surface area contributed by atoms with Gasteiger partial charge in [-0.05, 0) is 26.0 Å². The third-order valence-corrected chi connectivity index (χ3v) is 7.92. The number of nitrogens with zero attached hydrogens (tertiary/aromatic N) is 4. The van der Waals surface area contributed by atoms with Crippen LogP contribution in [0.5, 0.6) is 23.0 Å². The predicted molar refractivity (Wildman–Crippen MR) is 161 cm³/mol. The van der Waals surface area contributed by atoms with Gasteiger partial charge in [0.05, 0.1) is 57.0 Å². The summed E-state index contributed by atoms with van der Waals surface area (Å²) in [7, 11) is 4.70. The number of fused-ring (bicyclic) bond motifs is 3. The molecular formula is C32H33N5O7. The molecule has 6 rings (SSSR count). The van der Waals surface area contributed by atoms with E-state index in [1.165, 1.54) is 6.20 Å². The number of aromatic nitrogens is 3. The Morgan fingerprint density at radius 1 is 0.955 bits per heavy atom. The lowest BCUT2D eigenvalue weighted by molar-refractivity contribution is -0.0374. The Morgan fingerprint density at radius 3 is 2.36 bits per heavy atom.